The molecule has 0 spiro atoms. The third-order valence-electron chi connectivity index (χ3n) is 4.05. The average molecular weight is 373 g/mol. The van der Waals surface area contributed by atoms with E-state index in [1.54, 1.807) is 13.0 Å². The summed E-state index contributed by atoms with van der Waals surface area (Å²) in [6.07, 6.45) is 2.85. The van der Waals surface area contributed by atoms with Crippen LogP contribution in [0.15, 0.2) is 24.3 Å². The van der Waals surface area contributed by atoms with E-state index in [0.29, 0.717) is 16.4 Å². The Hall–Kier alpha value is -2.61. The predicted molar refractivity (Wildman–Crippen MR) is 99.5 cm³/mol. The summed E-state index contributed by atoms with van der Waals surface area (Å²) in [5, 5.41) is 13.9. The molecular weight excluding hydrogens is 353 g/mol. The van der Waals surface area contributed by atoms with Crippen molar-refractivity contribution in [2.75, 3.05) is 5.32 Å². The average Bonchev–Trinajstić information content (AvgIpc) is 3.23. The number of carbonyl (C=O) groups excluding carboxylic acids is 1. The second-order valence-electron chi connectivity index (χ2n) is 5.92. The Morgan fingerprint density at radius 3 is 2.77 bits per heavy atom. The molecule has 26 heavy (non-hydrogen) atoms. The van der Waals surface area contributed by atoms with Crippen LogP contribution in [-0.2, 0) is 12.8 Å². The largest absolute Gasteiger partial charge is 0.319 e. The van der Waals surface area contributed by atoms with E-state index in [2.05, 4.69) is 34.7 Å². The fraction of sp³-hybridized carbons (Fsp3) is 0.333. The lowest BCUT2D eigenvalue weighted by Crippen LogP contribution is -2.12. The van der Waals surface area contributed by atoms with Crippen LogP contribution < -0.4 is 5.32 Å². The summed E-state index contributed by atoms with van der Waals surface area (Å²) in [4.78, 5) is 14.4. The van der Waals surface area contributed by atoms with Crippen LogP contribution in [0.25, 0.3) is 5.69 Å². The van der Waals surface area contributed by atoms with Gasteiger partial charge in [0.2, 0.25) is 0 Å². The van der Waals surface area contributed by atoms with Gasteiger partial charge in [-0.25, -0.2) is 4.39 Å². The summed E-state index contributed by atoms with van der Waals surface area (Å²) in [5.74, 6) is -0.241. The minimum atomic E-state index is -0.506. The molecule has 1 N–H and O–H groups in total. The Morgan fingerprint density at radius 1 is 1.31 bits per heavy atom. The Bertz CT molecular complexity index is 934. The first-order valence-electron chi connectivity index (χ1n) is 8.51. The molecule has 1 aromatic carbocycles. The van der Waals surface area contributed by atoms with Gasteiger partial charge in [0.15, 0.2) is 5.82 Å². The number of tetrazole rings is 1. The van der Waals surface area contributed by atoms with Gasteiger partial charge >= 0.3 is 0 Å². The zero-order valence-electron chi connectivity index (χ0n) is 14.9. The van der Waals surface area contributed by atoms with Crippen LogP contribution in [0, 0.1) is 12.7 Å². The molecule has 8 heteroatoms. The number of nitrogens with one attached hydrogen (secondary N) is 1. The number of aromatic nitrogens is 4. The van der Waals surface area contributed by atoms with Crippen LogP contribution in [-0.4, -0.2) is 26.1 Å². The van der Waals surface area contributed by atoms with E-state index in [1.165, 1.54) is 38.6 Å². The van der Waals surface area contributed by atoms with E-state index >= 15 is 0 Å². The zero-order valence-corrected chi connectivity index (χ0v) is 15.7. The van der Waals surface area contributed by atoms with E-state index in [4.69, 9.17) is 0 Å². The number of benzene rings is 1. The second kappa shape index (κ2) is 7.74. The SMILES string of the molecule is CCCc1sc(C(=O)Nc2cc(-n3nnnc3C)ccc2F)cc1CC. The van der Waals surface area contributed by atoms with Gasteiger partial charge < -0.3 is 5.32 Å². The quantitative estimate of drug-likeness (QED) is 0.710. The molecular formula is C18H20FN5OS. The number of halogens is 1. The third-order valence-corrected chi connectivity index (χ3v) is 5.28. The first-order chi connectivity index (χ1) is 12.5. The predicted octanol–water partition coefficient (Wildman–Crippen LogP) is 3.94. The summed E-state index contributed by atoms with van der Waals surface area (Å²) in [7, 11) is 0. The number of nitrogens with zero attached hydrogens (tertiary/aromatic N) is 4. The highest BCUT2D eigenvalue weighted by Crippen LogP contribution is 2.26. The number of carbonyl (C=O) groups is 1. The Balaban J connectivity index is 1.86. The minimum Gasteiger partial charge on any atom is -0.319 e. The summed E-state index contributed by atoms with van der Waals surface area (Å²) in [5.41, 5.74) is 1.86. The van der Waals surface area contributed by atoms with Gasteiger partial charge in [0.05, 0.1) is 16.3 Å². The molecule has 3 rings (SSSR count). The molecule has 6 nitrogen and oxygen atoms in total. The lowest BCUT2D eigenvalue weighted by molar-refractivity contribution is 0.103. The van der Waals surface area contributed by atoms with Gasteiger partial charge in [-0.05, 0) is 60.0 Å². The summed E-state index contributed by atoms with van der Waals surface area (Å²) < 4.78 is 15.7. The Kier molecular flexibility index (Phi) is 5.41. The number of amides is 1. The number of anilines is 1. The smallest absolute Gasteiger partial charge is 0.265 e. The number of rotatable bonds is 6. The molecule has 0 aliphatic rings. The normalized spacial score (nSPS) is 10.9. The highest BCUT2D eigenvalue weighted by molar-refractivity contribution is 7.14. The number of hydrogen-bond acceptors (Lipinski definition) is 5. The van der Waals surface area contributed by atoms with Crippen LogP contribution in [0.2, 0.25) is 0 Å². The van der Waals surface area contributed by atoms with Gasteiger partial charge in [-0.15, -0.1) is 16.4 Å². The van der Waals surface area contributed by atoms with Crippen molar-refractivity contribution in [1.82, 2.24) is 20.2 Å². The highest BCUT2D eigenvalue weighted by Gasteiger charge is 2.16. The van der Waals surface area contributed by atoms with Gasteiger partial charge in [0.25, 0.3) is 5.91 Å². The summed E-state index contributed by atoms with van der Waals surface area (Å²) >= 11 is 1.47. The van der Waals surface area contributed by atoms with E-state index in [1.807, 2.05) is 6.07 Å². The van der Waals surface area contributed by atoms with Crippen molar-refractivity contribution in [2.45, 2.75) is 40.0 Å². The number of hydrogen-bond donors (Lipinski definition) is 1. The summed E-state index contributed by atoms with van der Waals surface area (Å²) in [6, 6.07) is 6.28. The number of thiophene rings is 1. The minimum absolute atomic E-state index is 0.103. The van der Waals surface area contributed by atoms with Gasteiger partial charge in [-0.1, -0.05) is 20.3 Å². The molecule has 1 amide bonds. The molecule has 3 aromatic rings. The van der Waals surface area contributed by atoms with Crippen LogP contribution >= 0.6 is 11.3 Å². The number of aryl methyl sites for hydroxylation is 3. The van der Waals surface area contributed by atoms with Gasteiger partial charge in [0.1, 0.15) is 5.82 Å². The first-order valence-corrected chi connectivity index (χ1v) is 9.33. The van der Waals surface area contributed by atoms with Gasteiger partial charge in [0, 0.05) is 4.88 Å². The molecule has 0 aliphatic heterocycles. The first kappa shape index (κ1) is 18.2. The molecule has 0 atom stereocenters. The molecule has 0 saturated heterocycles. The lowest BCUT2D eigenvalue weighted by atomic mass is 10.1. The van der Waals surface area contributed by atoms with E-state index < -0.39 is 5.82 Å². The monoisotopic (exact) mass is 373 g/mol. The van der Waals surface area contributed by atoms with Crippen molar-refractivity contribution in [2.24, 2.45) is 0 Å². The van der Waals surface area contributed by atoms with E-state index in [-0.39, 0.29) is 11.6 Å². The Labute approximate surface area is 155 Å². The maximum atomic E-state index is 14.2. The fourth-order valence-corrected chi connectivity index (χ4v) is 3.96. The van der Waals surface area contributed by atoms with Gasteiger partial charge in [-0.2, -0.15) is 4.68 Å². The van der Waals surface area contributed by atoms with Gasteiger partial charge in [-0.3, -0.25) is 4.79 Å². The molecule has 2 aromatic heterocycles. The molecule has 0 radical (unpaired) electrons. The van der Waals surface area contributed by atoms with Crippen LogP contribution in [0.3, 0.4) is 0 Å². The standard InChI is InChI=1S/C18H20FN5OS/c1-4-6-16-12(5-2)9-17(26-16)18(25)20-15-10-13(7-8-14(15)19)24-11(3)21-22-23-24/h7-10H,4-6H2,1-3H3,(H,20,25). The van der Waals surface area contributed by atoms with Crippen molar-refractivity contribution < 1.29 is 9.18 Å². The topological polar surface area (TPSA) is 72.7 Å². The Morgan fingerprint density at radius 2 is 2.12 bits per heavy atom. The molecule has 0 unspecified atom stereocenters. The summed E-state index contributed by atoms with van der Waals surface area (Å²) in [6.45, 7) is 5.93. The van der Waals surface area contributed by atoms with Crippen molar-refractivity contribution in [3.63, 3.8) is 0 Å². The fourth-order valence-electron chi connectivity index (χ4n) is 2.71. The highest BCUT2D eigenvalue weighted by atomic mass is 32.1. The second-order valence-corrected chi connectivity index (χ2v) is 7.06. The van der Waals surface area contributed by atoms with Crippen LogP contribution in [0.1, 0.15) is 46.2 Å². The maximum absolute atomic E-state index is 14.2. The van der Waals surface area contributed by atoms with Crippen molar-refractivity contribution >= 4 is 22.9 Å². The molecule has 136 valence electrons. The van der Waals surface area contributed by atoms with Crippen LogP contribution in [0.4, 0.5) is 10.1 Å². The van der Waals surface area contributed by atoms with Crippen LogP contribution in [0.5, 0.6) is 0 Å². The molecule has 0 aliphatic carbocycles. The third kappa shape index (κ3) is 3.65. The van der Waals surface area contributed by atoms with E-state index in [9.17, 15) is 9.18 Å². The molecule has 2 heterocycles. The van der Waals surface area contributed by atoms with Crippen molar-refractivity contribution in [3.05, 3.63) is 51.2 Å². The molecule has 0 fully saturated rings. The van der Waals surface area contributed by atoms with E-state index in [0.717, 1.165) is 19.3 Å². The van der Waals surface area contributed by atoms with Crippen molar-refractivity contribution in [1.29, 1.82) is 0 Å². The maximum Gasteiger partial charge on any atom is 0.265 e. The molecule has 0 bridgehead atoms. The zero-order chi connectivity index (χ0) is 18.7. The molecule has 0 saturated carbocycles. The van der Waals surface area contributed by atoms with Crippen molar-refractivity contribution in [3.8, 4) is 5.69 Å². The lowest BCUT2D eigenvalue weighted by Gasteiger charge is -2.08.